The average Bonchev–Trinajstić information content (AvgIpc) is 3.48. The summed E-state index contributed by atoms with van der Waals surface area (Å²) in [5.74, 6) is 1.64. The van der Waals surface area contributed by atoms with Crippen molar-refractivity contribution in [3.8, 4) is 11.4 Å². The normalized spacial score (nSPS) is 14.6. The van der Waals surface area contributed by atoms with Crippen LogP contribution in [0.15, 0.2) is 66.6 Å². The van der Waals surface area contributed by atoms with E-state index in [9.17, 15) is 4.79 Å². The van der Waals surface area contributed by atoms with Crippen LogP contribution in [-0.4, -0.2) is 54.4 Å². The van der Waals surface area contributed by atoms with Gasteiger partial charge in [0.2, 0.25) is 5.91 Å². The van der Waals surface area contributed by atoms with Crippen molar-refractivity contribution in [2.24, 2.45) is 0 Å². The second-order valence-electron chi connectivity index (χ2n) is 7.91. The molecule has 4 aromatic rings. The summed E-state index contributed by atoms with van der Waals surface area (Å²) in [5.41, 5.74) is 1.96. The highest BCUT2D eigenvalue weighted by atomic mass is 32.2. The Morgan fingerprint density at radius 2 is 2.03 bits per heavy atom. The van der Waals surface area contributed by atoms with Gasteiger partial charge in [0.1, 0.15) is 0 Å². The van der Waals surface area contributed by atoms with E-state index in [4.69, 9.17) is 4.98 Å². The van der Waals surface area contributed by atoms with Crippen molar-refractivity contribution in [2.45, 2.75) is 30.5 Å². The molecule has 1 saturated heterocycles. The van der Waals surface area contributed by atoms with E-state index in [0.29, 0.717) is 23.4 Å². The Balaban J connectivity index is 1.20. The van der Waals surface area contributed by atoms with E-state index in [1.165, 1.54) is 21.5 Å². The van der Waals surface area contributed by atoms with Gasteiger partial charge in [-0.2, -0.15) is 0 Å². The minimum atomic E-state index is 0.138. The lowest BCUT2D eigenvalue weighted by Crippen LogP contribution is -2.39. The molecule has 168 valence electrons. The van der Waals surface area contributed by atoms with Crippen LogP contribution in [0.3, 0.4) is 0 Å². The molecule has 1 fully saturated rings. The number of benzene rings is 1. The first-order valence-corrected chi connectivity index (χ1v) is 12.7. The number of rotatable bonds is 7. The molecule has 5 rings (SSSR count). The van der Waals surface area contributed by atoms with Gasteiger partial charge < -0.3 is 4.90 Å². The number of allylic oxidation sites excluding steroid dienone is 1. The lowest BCUT2D eigenvalue weighted by molar-refractivity contribution is -0.129. The van der Waals surface area contributed by atoms with Crippen LogP contribution in [0.4, 0.5) is 0 Å². The van der Waals surface area contributed by atoms with Crippen molar-refractivity contribution < 1.29 is 4.79 Å². The van der Waals surface area contributed by atoms with Crippen LogP contribution >= 0.6 is 23.1 Å². The summed E-state index contributed by atoms with van der Waals surface area (Å²) >= 11 is 3.20. The lowest BCUT2D eigenvalue weighted by atomic mass is 9.97. The lowest BCUT2D eigenvalue weighted by Gasteiger charge is -2.31. The van der Waals surface area contributed by atoms with Gasteiger partial charge in [0.15, 0.2) is 11.0 Å². The van der Waals surface area contributed by atoms with Crippen LogP contribution in [-0.2, 0) is 11.3 Å². The maximum Gasteiger partial charge on any atom is 0.233 e. The fraction of sp³-hybridized carbons (Fsp3) is 0.292. The molecule has 0 N–H and O–H groups in total. The molecule has 7 nitrogen and oxygen atoms in total. The SMILES string of the molecule is C=CCn1c(SCC(=O)N2CCC(c3nc4ccccc4s3)CC2)nnc1-c1cccnc1. The van der Waals surface area contributed by atoms with Crippen molar-refractivity contribution in [3.05, 3.63) is 66.5 Å². The number of hydrogen-bond acceptors (Lipinski definition) is 7. The Labute approximate surface area is 200 Å². The van der Waals surface area contributed by atoms with Gasteiger partial charge in [0.05, 0.1) is 21.0 Å². The van der Waals surface area contributed by atoms with E-state index in [2.05, 4.69) is 40.0 Å². The molecule has 0 unspecified atom stereocenters. The minimum absolute atomic E-state index is 0.138. The van der Waals surface area contributed by atoms with E-state index < -0.39 is 0 Å². The summed E-state index contributed by atoms with van der Waals surface area (Å²) in [4.78, 5) is 23.9. The molecule has 33 heavy (non-hydrogen) atoms. The largest absolute Gasteiger partial charge is 0.342 e. The van der Waals surface area contributed by atoms with E-state index >= 15 is 0 Å². The topological polar surface area (TPSA) is 76.8 Å². The molecule has 9 heteroatoms. The number of fused-ring (bicyclic) bond motifs is 1. The highest BCUT2D eigenvalue weighted by Gasteiger charge is 2.26. The molecule has 3 aromatic heterocycles. The number of likely N-dealkylation sites (tertiary alicyclic amines) is 1. The Hall–Kier alpha value is -3.04. The number of carbonyl (C=O) groups is 1. The van der Waals surface area contributed by atoms with Gasteiger partial charge in [-0.15, -0.1) is 28.1 Å². The molecule has 1 aliphatic heterocycles. The maximum atomic E-state index is 12.9. The molecule has 1 amide bonds. The first kappa shape index (κ1) is 21.8. The number of amides is 1. The van der Waals surface area contributed by atoms with Gasteiger partial charge in [-0.3, -0.25) is 14.3 Å². The fourth-order valence-electron chi connectivity index (χ4n) is 4.06. The summed E-state index contributed by atoms with van der Waals surface area (Å²) in [6.07, 6.45) is 7.20. The Morgan fingerprint density at radius 1 is 1.18 bits per heavy atom. The van der Waals surface area contributed by atoms with Crippen LogP contribution in [0, 0.1) is 0 Å². The molecule has 4 heterocycles. The number of para-hydroxylation sites is 1. The zero-order valence-electron chi connectivity index (χ0n) is 18.1. The molecule has 0 bridgehead atoms. The summed E-state index contributed by atoms with van der Waals surface area (Å²) in [7, 11) is 0. The molecular formula is C24H24N6OS2. The van der Waals surface area contributed by atoms with Gasteiger partial charge in [-0.1, -0.05) is 30.0 Å². The first-order valence-electron chi connectivity index (χ1n) is 10.9. The van der Waals surface area contributed by atoms with Gasteiger partial charge in [-0.25, -0.2) is 4.98 Å². The van der Waals surface area contributed by atoms with E-state index in [-0.39, 0.29) is 5.91 Å². The van der Waals surface area contributed by atoms with Gasteiger partial charge in [-0.05, 0) is 37.1 Å². The number of nitrogens with zero attached hydrogens (tertiary/aromatic N) is 6. The summed E-state index contributed by atoms with van der Waals surface area (Å²) in [5, 5.41) is 10.6. The molecule has 0 radical (unpaired) electrons. The quantitative estimate of drug-likeness (QED) is 0.286. The van der Waals surface area contributed by atoms with Crippen LogP contribution in [0.5, 0.6) is 0 Å². The minimum Gasteiger partial charge on any atom is -0.342 e. The predicted octanol–water partition coefficient (Wildman–Crippen LogP) is 4.63. The predicted molar refractivity (Wildman–Crippen MR) is 132 cm³/mol. The van der Waals surface area contributed by atoms with Crippen molar-refractivity contribution in [1.82, 2.24) is 29.6 Å². The number of thioether (sulfide) groups is 1. The van der Waals surface area contributed by atoms with Gasteiger partial charge in [0.25, 0.3) is 0 Å². The van der Waals surface area contributed by atoms with Crippen LogP contribution < -0.4 is 0 Å². The highest BCUT2D eigenvalue weighted by Crippen LogP contribution is 2.34. The molecule has 0 spiro atoms. The number of pyridine rings is 1. The molecule has 0 saturated carbocycles. The molecule has 0 atom stereocenters. The van der Waals surface area contributed by atoms with Crippen LogP contribution in [0.2, 0.25) is 0 Å². The Bertz CT molecular complexity index is 1230. The van der Waals surface area contributed by atoms with E-state index in [1.807, 2.05) is 33.7 Å². The first-order chi connectivity index (χ1) is 16.2. The van der Waals surface area contributed by atoms with Gasteiger partial charge in [0, 0.05) is 43.5 Å². The Morgan fingerprint density at radius 3 is 2.79 bits per heavy atom. The average molecular weight is 477 g/mol. The monoisotopic (exact) mass is 476 g/mol. The molecule has 1 aliphatic rings. The summed E-state index contributed by atoms with van der Waals surface area (Å²) in [6, 6.07) is 12.1. The molecule has 1 aromatic carbocycles. The summed E-state index contributed by atoms with van der Waals surface area (Å²) in [6.45, 7) is 5.94. The summed E-state index contributed by atoms with van der Waals surface area (Å²) < 4.78 is 3.21. The van der Waals surface area contributed by atoms with Crippen molar-refractivity contribution in [3.63, 3.8) is 0 Å². The fourth-order valence-corrected chi connectivity index (χ4v) is 6.04. The third kappa shape index (κ3) is 4.69. The van der Waals surface area contributed by atoms with Crippen LogP contribution in [0.25, 0.3) is 21.6 Å². The number of thiazole rings is 1. The zero-order valence-corrected chi connectivity index (χ0v) is 19.8. The maximum absolute atomic E-state index is 12.9. The number of hydrogen-bond donors (Lipinski definition) is 0. The number of carbonyl (C=O) groups excluding carboxylic acids is 1. The van der Waals surface area contributed by atoms with Crippen molar-refractivity contribution in [2.75, 3.05) is 18.8 Å². The molecular weight excluding hydrogens is 452 g/mol. The third-order valence-corrected chi connectivity index (χ3v) is 7.93. The van der Waals surface area contributed by atoms with Crippen molar-refractivity contribution in [1.29, 1.82) is 0 Å². The van der Waals surface area contributed by atoms with Crippen molar-refractivity contribution >= 4 is 39.2 Å². The van der Waals surface area contributed by atoms with E-state index in [0.717, 1.165) is 42.8 Å². The van der Waals surface area contributed by atoms with E-state index in [1.54, 1.807) is 23.7 Å². The molecule has 0 aliphatic carbocycles. The second-order valence-corrected chi connectivity index (χ2v) is 9.92. The smallest absolute Gasteiger partial charge is 0.233 e. The highest BCUT2D eigenvalue weighted by molar-refractivity contribution is 7.99. The number of aromatic nitrogens is 5. The van der Waals surface area contributed by atoms with Crippen LogP contribution in [0.1, 0.15) is 23.8 Å². The second kappa shape index (κ2) is 9.84. The third-order valence-electron chi connectivity index (χ3n) is 5.78. The van der Waals surface area contributed by atoms with Gasteiger partial charge >= 0.3 is 0 Å². The zero-order chi connectivity index (χ0) is 22.6. The number of piperidine rings is 1. The standard InChI is InChI=1S/C24H24N6OS2/c1-2-12-30-22(18-6-5-11-25-15-18)27-28-24(30)32-16-21(31)29-13-9-17(10-14-29)23-26-19-7-3-4-8-20(19)33-23/h2-8,11,15,17H,1,9-10,12-14,16H2. The Kier molecular flexibility index (Phi) is 6.50.